The van der Waals surface area contributed by atoms with Crippen LogP contribution in [0.3, 0.4) is 0 Å². The molecule has 0 radical (unpaired) electrons. The molecule has 0 bridgehead atoms. The third-order valence-corrected chi connectivity index (χ3v) is 1.67. The average Bonchev–Trinajstić information content (AvgIpc) is 2.16. The molecule has 0 aliphatic carbocycles. The highest BCUT2D eigenvalue weighted by Crippen LogP contribution is 2.13. The Bertz CT molecular complexity index is 310. The molecule has 0 heterocycles. The highest BCUT2D eigenvalue weighted by Gasteiger charge is 1.96. The summed E-state index contributed by atoms with van der Waals surface area (Å²) in [6, 6.07) is 7.56. The topological polar surface area (TPSA) is 41.5 Å². The molecule has 1 rings (SSSR count). The number of hydrogen-bond donors (Lipinski definition) is 2. The molecule has 0 spiro atoms. The first-order valence-corrected chi connectivity index (χ1v) is 4.45. The molecule has 0 unspecified atom stereocenters. The molecule has 14 heavy (non-hydrogen) atoms. The molecule has 0 saturated heterocycles. The highest BCUT2D eigenvalue weighted by atomic mass is 16.5. The van der Waals surface area contributed by atoms with Gasteiger partial charge in [-0.2, -0.15) is 0 Å². The van der Waals surface area contributed by atoms with Gasteiger partial charge in [-0.15, -0.1) is 0 Å². The molecule has 0 saturated carbocycles. The van der Waals surface area contributed by atoms with E-state index in [1.54, 1.807) is 0 Å². The number of hydrogen-bond acceptors (Lipinski definition) is 3. The van der Waals surface area contributed by atoms with Crippen molar-refractivity contribution in [2.24, 2.45) is 0 Å². The van der Waals surface area contributed by atoms with Crippen LogP contribution in [0.4, 0.5) is 0 Å². The normalized spacial score (nSPS) is 9.86. The van der Waals surface area contributed by atoms with Crippen molar-refractivity contribution in [1.29, 1.82) is 0 Å². The third kappa shape index (κ3) is 3.60. The summed E-state index contributed by atoms with van der Waals surface area (Å²) < 4.78 is 5.45. The van der Waals surface area contributed by atoms with Crippen molar-refractivity contribution in [3.8, 4) is 5.75 Å². The van der Waals surface area contributed by atoms with Gasteiger partial charge < -0.3 is 9.94 Å². The van der Waals surface area contributed by atoms with E-state index in [9.17, 15) is 0 Å². The lowest BCUT2D eigenvalue weighted by atomic mass is 10.2. The molecular weight excluding hydrogens is 178 g/mol. The van der Waals surface area contributed by atoms with E-state index in [2.05, 4.69) is 12.1 Å². The number of hydroxylamine groups is 1. The van der Waals surface area contributed by atoms with E-state index < -0.39 is 0 Å². The van der Waals surface area contributed by atoms with Crippen LogP contribution in [0.25, 0.3) is 0 Å². The summed E-state index contributed by atoms with van der Waals surface area (Å²) in [4.78, 5) is 0. The first-order valence-electron chi connectivity index (χ1n) is 4.45. The Kier molecular flexibility index (Phi) is 4.16. The van der Waals surface area contributed by atoms with Crippen molar-refractivity contribution in [1.82, 2.24) is 5.48 Å². The van der Waals surface area contributed by atoms with Gasteiger partial charge in [0.05, 0.1) is 0 Å². The SMILES string of the molecule is C=C(C)COc1cccc(CNO)c1. The second-order valence-electron chi connectivity index (χ2n) is 3.23. The Morgan fingerprint density at radius 2 is 2.36 bits per heavy atom. The molecule has 76 valence electrons. The van der Waals surface area contributed by atoms with E-state index in [0.29, 0.717) is 13.2 Å². The second kappa shape index (κ2) is 5.42. The molecular formula is C11H15NO2. The van der Waals surface area contributed by atoms with Gasteiger partial charge in [0.2, 0.25) is 0 Å². The summed E-state index contributed by atoms with van der Waals surface area (Å²) >= 11 is 0. The third-order valence-electron chi connectivity index (χ3n) is 1.67. The van der Waals surface area contributed by atoms with Gasteiger partial charge in [-0.1, -0.05) is 18.7 Å². The van der Waals surface area contributed by atoms with Crippen LogP contribution in [0.15, 0.2) is 36.4 Å². The Morgan fingerprint density at radius 1 is 1.57 bits per heavy atom. The molecule has 0 amide bonds. The van der Waals surface area contributed by atoms with Crippen LogP contribution in [0.5, 0.6) is 5.75 Å². The number of ether oxygens (including phenoxy) is 1. The number of benzene rings is 1. The van der Waals surface area contributed by atoms with Gasteiger partial charge in [0.25, 0.3) is 0 Å². The molecule has 3 heteroatoms. The van der Waals surface area contributed by atoms with Crippen LogP contribution in [0.2, 0.25) is 0 Å². The van der Waals surface area contributed by atoms with Crippen LogP contribution in [-0.4, -0.2) is 11.8 Å². The monoisotopic (exact) mass is 193 g/mol. The fourth-order valence-electron chi connectivity index (χ4n) is 1.04. The molecule has 1 aromatic rings. The van der Waals surface area contributed by atoms with Gasteiger partial charge in [0, 0.05) is 6.54 Å². The Labute approximate surface area is 84.0 Å². The smallest absolute Gasteiger partial charge is 0.120 e. The second-order valence-corrected chi connectivity index (χ2v) is 3.23. The molecule has 0 aliphatic rings. The zero-order chi connectivity index (χ0) is 10.4. The molecule has 2 N–H and O–H groups in total. The quantitative estimate of drug-likeness (QED) is 0.556. The van der Waals surface area contributed by atoms with E-state index in [1.807, 2.05) is 31.2 Å². The number of rotatable bonds is 5. The summed E-state index contributed by atoms with van der Waals surface area (Å²) in [7, 11) is 0. The van der Waals surface area contributed by atoms with Crippen molar-refractivity contribution < 1.29 is 9.94 Å². The molecule has 0 aromatic heterocycles. The maximum Gasteiger partial charge on any atom is 0.120 e. The minimum absolute atomic E-state index is 0.421. The zero-order valence-corrected chi connectivity index (χ0v) is 8.29. The van der Waals surface area contributed by atoms with Gasteiger partial charge >= 0.3 is 0 Å². The fraction of sp³-hybridized carbons (Fsp3) is 0.273. The number of nitrogens with one attached hydrogen (secondary N) is 1. The van der Waals surface area contributed by atoms with Gasteiger partial charge in [0.15, 0.2) is 0 Å². The Balaban J connectivity index is 2.58. The van der Waals surface area contributed by atoms with Crippen LogP contribution in [-0.2, 0) is 6.54 Å². The van der Waals surface area contributed by atoms with E-state index in [0.717, 1.165) is 16.9 Å². The predicted molar refractivity (Wildman–Crippen MR) is 55.4 cm³/mol. The van der Waals surface area contributed by atoms with Gasteiger partial charge in [-0.25, -0.2) is 5.48 Å². The maximum absolute atomic E-state index is 8.52. The maximum atomic E-state index is 8.52. The largest absolute Gasteiger partial charge is 0.489 e. The minimum atomic E-state index is 0.421. The van der Waals surface area contributed by atoms with Crippen LogP contribution < -0.4 is 10.2 Å². The van der Waals surface area contributed by atoms with Crippen molar-refractivity contribution in [3.63, 3.8) is 0 Å². The Hall–Kier alpha value is -1.32. The van der Waals surface area contributed by atoms with Gasteiger partial charge in [-0.05, 0) is 30.2 Å². The molecule has 0 aliphatic heterocycles. The summed E-state index contributed by atoms with van der Waals surface area (Å²) in [5, 5.41) is 8.52. The van der Waals surface area contributed by atoms with E-state index in [1.165, 1.54) is 0 Å². The van der Waals surface area contributed by atoms with Crippen molar-refractivity contribution in [3.05, 3.63) is 42.0 Å². The fourth-order valence-corrected chi connectivity index (χ4v) is 1.04. The lowest BCUT2D eigenvalue weighted by Gasteiger charge is -2.07. The first-order chi connectivity index (χ1) is 6.72. The summed E-state index contributed by atoms with van der Waals surface area (Å²) in [5.74, 6) is 0.792. The summed E-state index contributed by atoms with van der Waals surface area (Å²) in [6.07, 6.45) is 0. The van der Waals surface area contributed by atoms with Crippen molar-refractivity contribution in [2.45, 2.75) is 13.5 Å². The zero-order valence-electron chi connectivity index (χ0n) is 8.29. The summed E-state index contributed by atoms with van der Waals surface area (Å²) in [5.41, 5.74) is 4.06. The molecule has 3 nitrogen and oxygen atoms in total. The van der Waals surface area contributed by atoms with E-state index >= 15 is 0 Å². The lowest BCUT2D eigenvalue weighted by Crippen LogP contribution is -2.06. The van der Waals surface area contributed by atoms with Gasteiger partial charge in [-0.3, -0.25) is 0 Å². The van der Waals surface area contributed by atoms with Gasteiger partial charge in [0.1, 0.15) is 12.4 Å². The summed E-state index contributed by atoms with van der Waals surface area (Å²) in [6.45, 7) is 6.61. The lowest BCUT2D eigenvalue weighted by molar-refractivity contribution is 0.161. The standard InChI is InChI=1S/C11H15NO2/c1-9(2)8-14-11-5-3-4-10(6-11)7-12-13/h3-6,12-13H,1,7-8H2,2H3. The van der Waals surface area contributed by atoms with Crippen molar-refractivity contribution >= 4 is 0 Å². The van der Waals surface area contributed by atoms with E-state index in [-0.39, 0.29) is 0 Å². The van der Waals surface area contributed by atoms with Crippen molar-refractivity contribution in [2.75, 3.05) is 6.61 Å². The minimum Gasteiger partial charge on any atom is -0.489 e. The molecule has 0 fully saturated rings. The van der Waals surface area contributed by atoms with Crippen LogP contribution >= 0.6 is 0 Å². The van der Waals surface area contributed by atoms with Crippen LogP contribution in [0, 0.1) is 0 Å². The average molecular weight is 193 g/mol. The highest BCUT2D eigenvalue weighted by molar-refractivity contribution is 5.28. The van der Waals surface area contributed by atoms with E-state index in [4.69, 9.17) is 9.94 Å². The Morgan fingerprint density at radius 3 is 3.00 bits per heavy atom. The molecule has 1 aromatic carbocycles. The first kappa shape index (κ1) is 10.8. The van der Waals surface area contributed by atoms with Crippen LogP contribution in [0.1, 0.15) is 12.5 Å². The molecule has 0 atom stereocenters. The predicted octanol–water partition coefficient (Wildman–Crippen LogP) is 2.12.